The van der Waals surface area contributed by atoms with E-state index in [4.69, 9.17) is 4.74 Å². The van der Waals surface area contributed by atoms with Gasteiger partial charge in [-0.05, 0) is 24.1 Å². The molecular formula is C17H18F2O2. The normalized spacial score (nSPS) is 13.0. The number of halogens is 2. The summed E-state index contributed by atoms with van der Waals surface area (Å²) in [4.78, 5) is 0. The first-order valence-electron chi connectivity index (χ1n) is 6.87. The number of alkyl halides is 2. The molecule has 0 aliphatic heterocycles. The van der Waals surface area contributed by atoms with Crippen LogP contribution in [0.15, 0.2) is 54.6 Å². The molecule has 2 aromatic rings. The van der Waals surface area contributed by atoms with Crippen molar-refractivity contribution in [3.8, 4) is 5.75 Å². The average Bonchev–Trinajstić information content (AvgIpc) is 2.53. The Morgan fingerprint density at radius 2 is 1.67 bits per heavy atom. The van der Waals surface area contributed by atoms with Gasteiger partial charge in [0.25, 0.3) is 0 Å². The third kappa shape index (κ3) is 4.02. The summed E-state index contributed by atoms with van der Waals surface area (Å²) in [5.41, 5.74) is 0.683. The maximum absolute atomic E-state index is 13.9. The lowest BCUT2D eigenvalue weighted by Crippen LogP contribution is -2.23. The molecule has 1 N–H and O–H groups in total. The van der Waals surface area contributed by atoms with E-state index < -0.39 is 18.6 Å². The zero-order valence-corrected chi connectivity index (χ0v) is 11.8. The Balaban J connectivity index is 1.99. The van der Waals surface area contributed by atoms with Crippen LogP contribution in [0.3, 0.4) is 0 Å². The number of ether oxygens (including phenoxy) is 1. The van der Waals surface area contributed by atoms with Crippen molar-refractivity contribution in [3.05, 3.63) is 65.7 Å². The fourth-order valence-electron chi connectivity index (χ4n) is 1.96. The molecular weight excluding hydrogens is 274 g/mol. The van der Waals surface area contributed by atoms with E-state index in [1.54, 1.807) is 42.5 Å². The van der Waals surface area contributed by atoms with Crippen molar-refractivity contribution in [2.45, 2.75) is 25.4 Å². The van der Waals surface area contributed by atoms with Crippen LogP contribution in [0.25, 0.3) is 0 Å². The average molecular weight is 292 g/mol. The highest BCUT2D eigenvalue weighted by molar-refractivity contribution is 5.29. The SMILES string of the molecule is CC[C@H](O)c1ccc(OCC(F)(F)c2ccccc2)cc1. The molecule has 0 radical (unpaired) electrons. The summed E-state index contributed by atoms with van der Waals surface area (Å²) in [6, 6.07) is 14.2. The van der Waals surface area contributed by atoms with Gasteiger partial charge in [0, 0.05) is 5.56 Å². The minimum Gasteiger partial charge on any atom is -0.487 e. The summed E-state index contributed by atoms with van der Waals surface area (Å²) in [6.45, 7) is 1.15. The number of benzene rings is 2. The minimum absolute atomic E-state index is 0.0666. The molecule has 2 nitrogen and oxygen atoms in total. The number of rotatable bonds is 6. The van der Waals surface area contributed by atoms with Crippen molar-refractivity contribution >= 4 is 0 Å². The number of aliphatic hydroxyl groups excluding tert-OH is 1. The summed E-state index contributed by atoms with van der Waals surface area (Å²) in [5, 5.41) is 9.67. The quantitative estimate of drug-likeness (QED) is 0.860. The molecule has 0 saturated heterocycles. The molecule has 0 amide bonds. The second-order valence-corrected chi connectivity index (χ2v) is 4.85. The molecule has 0 fully saturated rings. The standard InChI is InChI=1S/C17H18F2O2/c1-2-16(20)13-8-10-15(11-9-13)21-12-17(18,19)14-6-4-3-5-7-14/h3-11,16,20H,2,12H2,1H3/t16-/m0/s1. The zero-order chi connectivity index (χ0) is 15.3. The van der Waals surface area contributed by atoms with Crippen LogP contribution in [-0.4, -0.2) is 11.7 Å². The van der Waals surface area contributed by atoms with E-state index in [1.807, 2.05) is 6.92 Å². The van der Waals surface area contributed by atoms with Crippen LogP contribution in [0.5, 0.6) is 5.75 Å². The van der Waals surface area contributed by atoms with Crippen LogP contribution in [0.1, 0.15) is 30.6 Å². The molecule has 1 atom stereocenters. The molecule has 21 heavy (non-hydrogen) atoms. The fraction of sp³-hybridized carbons (Fsp3) is 0.294. The van der Waals surface area contributed by atoms with Gasteiger partial charge in [0.2, 0.25) is 0 Å². The van der Waals surface area contributed by atoms with Crippen LogP contribution >= 0.6 is 0 Å². The van der Waals surface area contributed by atoms with Gasteiger partial charge < -0.3 is 9.84 Å². The lowest BCUT2D eigenvalue weighted by Gasteiger charge is -2.17. The second kappa shape index (κ2) is 6.68. The van der Waals surface area contributed by atoms with Crippen LogP contribution in [-0.2, 0) is 5.92 Å². The molecule has 0 unspecified atom stereocenters. The molecule has 2 aromatic carbocycles. The third-order valence-electron chi connectivity index (χ3n) is 3.27. The van der Waals surface area contributed by atoms with Crippen LogP contribution < -0.4 is 4.74 Å². The van der Waals surface area contributed by atoms with Crippen molar-refractivity contribution in [1.82, 2.24) is 0 Å². The highest BCUT2D eigenvalue weighted by Gasteiger charge is 2.32. The number of hydrogen-bond donors (Lipinski definition) is 1. The van der Waals surface area contributed by atoms with Gasteiger partial charge in [0.1, 0.15) is 5.75 Å². The molecule has 0 aromatic heterocycles. The maximum Gasteiger partial charge on any atom is 0.306 e. The predicted molar refractivity (Wildman–Crippen MR) is 77.5 cm³/mol. The fourth-order valence-corrected chi connectivity index (χ4v) is 1.96. The monoisotopic (exact) mass is 292 g/mol. The molecule has 4 heteroatoms. The first kappa shape index (κ1) is 15.4. The van der Waals surface area contributed by atoms with Gasteiger partial charge >= 0.3 is 5.92 Å². The summed E-state index contributed by atoms with van der Waals surface area (Å²) >= 11 is 0. The molecule has 0 saturated carbocycles. The first-order valence-corrected chi connectivity index (χ1v) is 6.87. The molecule has 0 aliphatic carbocycles. The summed E-state index contributed by atoms with van der Waals surface area (Å²) in [7, 11) is 0. The Morgan fingerprint density at radius 3 is 2.24 bits per heavy atom. The van der Waals surface area contributed by atoms with E-state index >= 15 is 0 Å². The molecule has 0 heterocycles. The third-order valence-corrected chi connectivity index (χ3v) is 3.27. The Morgan fingerprint density at radius 1 is 1.05 bits per heavy atom. The molecule has 0 bridgehead atoms. The highest BCUT2D eigenvalue weighted by Crippen LogP contribution is 2.29. The van der Waals surface area contributed by atoms with Crippen LogP contribution in [0, 0.1) is 0 Å². The Bertz CT molecular complexity index is 553. The number of hydrogen-bond acceptors (Lipinski definition) is 2. The summed E-state index contributed by atoms with van der Waals surface area (Å²) < 4.78 is 33.0. The topological polar surface area (TPSA) is 29.5 Å². The number of aliphatic hydroxyl groups is 1. The van der Waals surface area contributed by atoms with E-state index in [-0.39, 0.29) is 5.56 Å². The van der Waals surface area contributed by atoms with Gasteiger partial charge in [-0.25, -0.2) is 0 Å². The molecule has 2 rings (SSSR count). The highest BCUT2D eigenvalue weighted by atomic mass is 19.3. The molecule has 112 valence electrons. The second-order valence-electron chi connectivity index (χ2n) is 4.85. The van der Waals surface area contributed by atoms with Crippen LogP contribution in [0.2, 0.25) is 0 Å². The van der Waals surface area contributed by atoms with Gasteiger partial charge in [-0.3, -0.25) is 0 Å². The molecule has 0 spiro atoms. The van der Waals surface area contributed by atoms with E-state index in [1.165, 1.54) is 12.1 Å². The lowest BCUT2D eigenvalue weighted by molar-refractivity contribution is -0.0467. The minimum atomic E-state index is -3.04. The van der Waals surface area contributed by atoms with Gasteiger partial charge in [-0.2, -0.15) is 8.78 Å². The van der Waals surface area contributed by atoms with Crippen molar-refractivity contribution in [3.63, 3.8) is 0 Å². The van der Waals surface area contributed by atoms with Crippen molar-refractivity contribution in [2.24, 2.45) is 0 Å². The Labute approximate surface area is 123 Å². The van der Waals surface area contributed by atoms with E-state index in [9.17, 15) is 13.9 Å². The summed E-state index contributed by atoms with van der Waals surface area (Å²) in [5.74, 6) is -2.68. The Hall–Kier alpha value is -1.94. The van der Waals surface area contributed by atoms with Gasteiger partial charge in [0.15, 0.2) is 6.61 Å². The van der Waals surface area contributed by atoms with E-state index in [2.05, 4.69) is 0 Å². The zero-order valence-electron chi connectivity index (χ0n) is 11.8. The van der Waals surface area contributed by atoms with E-state index in [0.29, 0.717) is 12.2 Å². The first-order chi connectivity index (χ1) is 10.0. The van der Waals surface area contributed by atoms with Crippen molar-refractivity contribution < 1.29 is 18.6 Å². The smallest absolute Gasteiger partial charge is 0.306 e. The maximum atomic E-state index is 13.9. The van der Waals surface area contributed by atoms with Gasteiger partial charge in [-0.15, -0.1) is 0 Å². The van der Waals surface area contributed by atoms with Gasteiger partial charge in [-0.1, -0.05) is 49.4 Å². The predicted octanol–water partition coefficient (Wildman–Crippen LogP) is 4.30. The molecule has 0 aliphatic rings. The van der Waals surface area contributed by atoms with Gasteiger partial charge in [0.05, 0.1) is 6.10 Å². The largest absolute Gasteiger partial charge is 0.487 e. The van der Waals surface area contributed by atoms with Crippen molar-refractivity contribution in [1.29, 1.82) is 0 Å². The van der Waals surface area contributed by atoms with E-state index in [0.717, 1.165) is 5.56 Å². The van der Waals surface area contributed by atoms with Crippen LogP contribution in [0.4, 0.5) is 8.78 Å². The lowest BCUT2D eigenvalue weighted by atomic mass is 10.1. The van der Waals surface area contributed by atoms with Crippen molar-refractivity contribution in [2.75, 3.05) is 6.61 Å². The summed E-state index contributed by atoms with van der Waals surface area (Å²) in [6.07, 6.45) is 0.0662. The Kier molecular flexibility index (Phi) is 4.91.